The van der Waals surface area contributed by atoms with Crippen molar-refractivity contribution in [1.82, 2.24) is 15.0 Å². The van der Waals surface area contributed by atoms with Gasteiger partial charge in [0.1, 0.15) is 5.82 Å². The van der Waals surface area contributed by atoms with Gasteiger partial charge in [-0.25, -0.2) is 9.37 Å². The predicted molar refractivity (Wildman–Crippen MR) is 86.7 cm³/mol. The maximum absolute atomic E-state index is 13.7. The molecule has 0 atom stereocenters. The van der Waals surface area contributed by atoms with Crippen LogP contribution in [-0.2, 0) is 4.79 Å². The Morgan fingerprint density at radius 2 is 2.17 bits per heavy atom. The van der Waals surface area contributed by atoms with Crippen LogP contribution in [0.25, 0.3) is 21.5 Å². The van der Waals surface area contributed by atoms with Crippen molar-refractivity contribution in [3.8, 4) is 11.1 Å². The average molecular weight is 328 g/mol. The van der Waals surface area contributed by atoms with Crippen LogP contribution in [0.3, 0.4) is 0 Å². The van der Waals surface area contributed by atoms with Gasteiger partial charge >= 0.3 is 0 Å². The van der Waals surface area contributed by atoms with E-state index in [0.29, 0.717) is 21.9 Å². The first-order valence-corrected chi connectivity index (χ1v) is 8.11. The number of rotatable bonds is 3. The molecule has 3 heterocycles. The number of thiazole rings is 1. The smallest absolute Gasteiger partial charge is 0.229 e. The Kier molecular flexibility index (Phi) is 3.30. The number of halogens is 1. The summed E-state index contributed by atoms with van der Waals surface area (Å²) in [6.45, 7) is 1.71. The Bertz CT molecular complexity index is 920. The monoisotopic (exact) mass is 328 g/mol. The van der Waals surface area contributed by atoms with Crippen molar-refractivity contribution in [2.24, 2.45) is 5.92 Å². The highest BCUT2D eigenvalue weighted by Crippen LogP contribution is 2.33. The molecule has 1 aliphatic rings. The zero-order chi connectivity index (χ0) is 16.0. The van der Waals surface area contributed by atoms with Gasteiger partial charge in [0, 0.05) is 29.4 Å². The molecule has 4 rings (SSSR count). The second kappa shape index (κ2) is 5.34. The fraction of sp³-hybridized carbons (Fsp3) is 0.250. The van der Waals surface area contributed by atoms with Gasteiger partial charge in [-0.2, -0.15) is 4.98 Å². The zero-order valence-electron chi connectivity index (χ0n) is 12.3. The van der Waals surface area contributed by atoms with Gasteiger partial charge in [0.15, 0.2) is 10.8 Å². The fourth-order valence-corrected chi connectivity index (χ4v) is 3.23. The minimum atomic E-state index is -0.343. The van der Waals surface area contributed by atoms with Gasteiger partial charge in [-0.05, 0) is 31.4 Å². The first-order chi connectivity index (χ1) is 11.1. The molecule has 0 unspecified atom stereocenters. The number of amides is 1. The molecule has 1 fully saturated rings. The molecule has 0 radical (unpaired) electrons. The molecule has 0 aliphatic heterocycles. The summed E-state index contributed by atoms with van der Waals surface area (Å²) in [5, 5.41) is 3.38. The van der Waals surface area contributed by atoms with E-state index in [9.17, 15) is 9.18 Å². The number of fused-ring (bicyclic) bond motifs is 1. The SMILES string of the molecule is Cc1c(F)cncc1-c1cnc2nc(NC(=O)C3CC3)sc2c1. The van der Waals surface area contributed by atoms with Gasteiger partial charge in [-0.15, -0.1) is 0 Å². The van der Waals surface area contributed by atoms with Crippen LogP contribution in [0.2, 0.25) is 0 Å². The van der Waals surface area contributed by atoms with Crippen LogP contribution in [0.15, 0.2) is 24.7 Å². The molecule has 116 valence electrons. The first-order valence-electron chi connectivity index (χ1n) is 7.30. The quantitative estimate of drug-likeness (QED) is 0.798. The molecular weight excluding hydrogens is 315 g/mol. The number of hydrogen-bond acceptors (Lipinski definition) is 5. The third kappa shape index (κ3) is 2.68. The second-order valence-electron chi connectivity index (χ2n) is 5.62. The number of pyridine rings is 2. The second-order valence-corrected chi connectivity index (χ2v) is 6.65. The van der Waals surface area contributed by atoms with Gasteiger partial charge in [-0.1, -0.05) is 11.3 Å². The summed E-state index contributed by atoms with van der Waals surface area (Å²) < 4.78 is 14.5. The minimum Gasteiger partial charge on any atom is -0.302 e. The summed E-state index contributed by atoms with van der Waals surface area (Å²) in [6, 6.07) is 1.90. The summed E-state index contributed by atoms with van der Waals surface area (Å²) in [5.74, 6) is -0.190. The van der Waals surface area contributed by atoms with E-state index >= 15 is 0 Å². The molecule has 1 aliphatic carbocycles. The van der Waals surface area contributed by atoms with Crippen molar-refractivity contribution < 1.29 is 9.18 Å². The summed E-state index contributed by atoms with van der Waals surface area (Å²) in [5.41, 5.74) is 2.60. The summed E-state index contributed by atoms with van der Waals surface area (Å²) >= 11 is 1.37. The lowest BCUT2D eigenvalue weighted by atomic mass is 10.0. The number of anilines is 1. The highest BCUT2D eigenvalue weighted by atomic mass is 32.1. The van der Waals surface area contributed by atoms with Crippen molar-refractivity contribution in [2.75, 3.05) is 5.32 Å². The van der Waals surface area contributed by atoms with Gasteiger partial charge in [0.2, 0.25) is 5.91 Å². The van der Waals surface area contributed by atoms with E-state index < -0.39 is 0 Å². The van der Waals surface area contributed by atoms with E-state index in [0.717, 1.165) is 23.1 Å². The van der Waals surface area contributed by atoms with E-state index in [1.165, 1.54) is 17.5 Å². The Morgan fingerprint density at radius 1 is 1.35 bits per heavy atom. The highest BCUT2D eigenvalue weighted by Gasteiger charge is 2.30. The van der Waals surface area contributed by atoms with Gasteiger partial charge in [0.05, 0.1) is 10.9 Å². The van der Waals surface area contributed by atoms with Crippen LogP contribution in [0, 0.1) is 18.7 Å². The van der Waals surface area contributed by atoms with Crippen LogP contribution in [0.1, 0.15) is 18.4 Å². The predicted octanol–water partition coefficient (Wildman–Crippen LogP) is 3.55. The molecule has 1 saturated carbocycles. The lowest BCUT2D eigenvalue weighted by Gasteiger charge is -2.05. The molecule has 23 heavy (non-hydrogen) atoms. The van der Waals surface area contributed by atoms with Gasteiger partial charge < -0.3 is 5.32 Å². The van der Waals surface area contributed by atoms with Crippen molar-refractivity contribution >= 4 is 32.7 Å². The third-order valence-corrected chi connectivity index (χ3v) is 4.80. The van der Waals surface area contributed by atoms with E-state index in [-0.39, 0.29) is 17.6 Å². The maximum Gasteiger partial charge on any atom is 0.229 e. The van der Waals surface area contributed by atoms with E-state index in [2.05, 4.69) is 20.3 Å². The summed E-state index contributed by atoms with van der Waals surface area (Å²) in [4.78, 5) is 24.3. The number of carbonyl (C=O) groups is 1. The van der Waals surface area contributed by atoms with Gasteiger partial charge in [-0.3, -0.25) is 9.78 Å². The largest absolute Gasteiger partial charge is 0.302 e. The molecule has 3 aromatic heterocycles. The molecule has 1 N–H and O–H groups in total. The molecule has 0 saturated heterocycles. The Balaban J connectivity index is 1.70. The molecule has 7 heteroatoms. The number of aromatic nitrogens is 3. The first kappa shape index (κ1) is 14.2. The Hall–Kier alpha value is -2.41. The third-order valence-electron chi connectivity index (χ3n) is 3.89. The van der Waals surface area contributed by atoms with Crippen LogP contribution in [0.4, 0.5) is 9.52 Å². The van der Waals surface area contributed by atoms with Crippen molar-refractivity contribution in [3.63, 3.8) is 0 Å². The van der Waals surface area contributed by atoms with E-state index in [4.69, 9.17) is 0 Å². The number of nitrogens with one attached hydrogen (secondary N) is 1. The highest BCUT2D eigenvalue weighted by molar-refractivity contribution is 7.22. The molecule has 3 aromatic rings. The number of nitrogens with zero attached hydrogens (tertiary/aromatic N) is 3. The number of hydrogen-bond donors (Lipinski definition) is 1. The summed E-state index contributed by atoms with van der Waals surface area (Å²) in [6.07, 6.45) is 6.37. The van der Waals surface area contributed by atoms with Crippen molar-refractivity contribution in [1.29, 1.82) is 0 Å². The van der Waals surface area contributed by atoms with Crippen LogP contribution < -0.4 is 5.32 Å². The lowest BCUT2D eigenvalue weighted by Crippen LogP contribution is -2.12. The van der Waals surface area contributed by atoms with E-state index in [1.807, 2.05) is 6.07 Å². The molecule has 5 nitrogen and oxygen atoms in total. The number of carbonyl (C=O) groups excluding carboxylic acids is 1. The fourth-order valence-electron chi connectivity index (χ4n) is 2.36. The van der Waals surface area contributed by atoms with E-state index in [1.54, 1.807) is 19.3 Å². The van der Waals surface area contributed by atoms with Crippen LogP contribution >= 0.6 is 11.3 Å². The topological polar surface area (TPSA) is 67.8 Å². The minimum absolute atomic E-state index is 0.0226. The molecule has 0 spiro atoms. The normalized spacial score (nSPS) is 14.2. The molecule has 1 amide bonds. The van der Waals surface area contributed by atoms with Crippen LogP contribution in [-0.4, -0.2) is 20.9 Å². The maximum atomic E-state index is 13.7. The standard InChI is InChI=1S/C16H13FN4OS/c1-8-11(6-18-7-12(8)17)10-4-13-14(19-5-10)20-16(23-13)21-15(22)9-2-3-9/h4-7,9H,2-3H2,1H3,(H,19,20,21,22). The van der Waals surface area contributed by atoms with Crippen molar-refractivity contribution in [3.05, 3.63) is 36.0 Å². The molecular formula is C16H13FN4OS. The summed E-state index contributed by atoms with van der Waals surface area (Å²) in [7, 11) is 0. The average Bonchev–Trinajstić information content (AvgIpc) is 3.31. The zero-order valence-corrected chi connectivity index (χ0v) is 13.2. The Labute approximate surface area is 135 Å². The molecule has 0 aromatic carbocycles. The Morgan fingerprint density at radius 3 is 2.96 bits per heavy atom. The van der Waals surface area contributed by atoms with Crippen LogP contribution in [0.5, 0.6) is 0 Å². The van der Waals surface area contributed by atoms with Gasteiger partial charge in [0.25, 0.3) is 0 Å². The van der Waals surface area contributed by atoms with Crippen molar-refractivity contribution in [2.45, 2.75) is 19.8 Å². The lowest BCUT2D eigenvalue weighted by molar-refractivity contribution is -0.117. The molecule has 0 bridgehead atoms.